The molecule has 134 valence electrons. The van der Waals surface area contributed by atoms with Crippen molar-refractivity contribution in [2.45, 2.75) is 0 Å². The van der Waals surface area contributed by atoms with Gasteiger partial charge in [-0.15, -0.1) is 0 Å². The lowest BCUT2D eigenvalue weighted by Gasteiger charge is -2.33. The van der Waals surface area contributed by atoms with Gasteiger partial charge in [-0.25, -0.2) is 8.42 Å². The number of methoxy groups -OCH3 is 1. The first kappa shape index (κ1) is 17.4. The highest BCUT2D eigenvalue weighted by Gasteiger charge is 2.28. The zero-order chi connectivity index (χ0) is 18.0. The van der Waals surface area contributed by atoms with E-state index in [1.807, 2.05) is 24.3 Å². The van der Waals surface area contributed by atoms with Crippen LogP contribution in [0.5, 0.6) is 5.75 Å². The van der Waals surface area contributed by atoms with Crippen molar-refractivity contribution in [3.8, 4) is 17.0 Å². The molecule has 1 fully saturated rings. The predicted octanol–water partition coefficient (Wildman–Crippen LogP) is 0.803. The smallest absolute Gasteiger partial charge is 0.257 e. The lowest BCUT2D eigenvalue weighted by atomic mass is 10.1. The van der Waals surface area contributed by atoms with E-state index in [1.165, 1.54) is 16.8 Å². The van der Waals surface area contributed by atoms with Crippen molar-refractivity contribution >= 4 is 15.9 Å². The third-order valence-electron chi connectivity index (χ3n) is 4.22. The van der Waals surface area contributed by atoms with Gasteiger partial charge in [-0.2, -0.15) is 9.40 Å². The Morgan fingerprint density at radius 1 is 1.24 bits per heavy atom. The normalized spacial score (nSPS) is 16.0. The lowest BCUT2D eigenvalue weighted by molar-refractivity contribution is 0.0699. The number of rotatable bonds is 4. The van der Waals surface area contributed by atoms with Crippen molar-refractivity contribution in [2.75, 3.05) is 39.5 Å². The summed E-state index contributed by atoms with van der Waals surface area (Å²) in [5.74, 6) is 0.520. The maximum absolute atomic E-state index is 12.8. The summed E-state index contributed by atoms with van der Waals surface area (Å²) in [6.07, 6.45) is 2.68. The SMILES string of the molecule is COc1cccc(-c2[nH]ncc2C(=O)N2CCN(S(C)(=O)=O)CC2)c1. The van der Waals surface area contributed by atoms with E-state index in [2.05, 4.69) is 10.2 Å². The molecule has 2 heterocycles. The van der Waals surface area contributed by atoms with Crippen molar-refractivity contribution in [1.82, 2.24) is 19.4 Å². The van der Waals surface area contributed by atoms with E-state index in [0.717, 1.165) is 5.56 Å². The molecule has 1 saturated heterocycles. The molecule has 2 aromatic rings. The molecule has 0 atom stereocenters. The first-order valence-electron chi connectivity index (χ1n) is 7.82. The Morgan fingerprint density at radius 3 is 2.60 bits per heavy atom. The molecule has 0 unspecified atom stereocenters. The van der Waals surface area contributed by atoms with E-state index in [-0.39, 0.29) is 5.91 Å². The van der Waals surface area contributed by atoms with Crippen molar-refractivity contribution in [2.24, 2.45) is 0 Å². The molecule has 0 saturated carbocycles. The highest BCUT2D eigenvalue weighted by molar-refractivity contribution is 7.88. The highest BCUT2D eigenvalue weighted by Crippen LogP contribution is 2.26. The van der Waals surface area contributed by atoms with Crippen molar-refractivity contribution in [3.05, 3.63) is 36.0 Å². The van der Waals surface area contributed by atoms with Crippen LogP contribution in [0.25, 0.3) is 11.3 Å². The van der Waals surface area contributed by atoms with Crippen molar-refractivity contribution in [3.63, 3.8) is 0 Å². The van der Waals surface area contributed by atoms with Gasteiger partial charge in [-0.05, 0) is 12.1 Å². The molecule has 0 radical (unpaired) electrons. The van der Waals surface area contributed by atoms with Crippen LogP contribution < -0.4 is 4.74 Å². The first-order valence-corrected chi connectivity index (χ1v) is 9.67. The Kier molecular flexibility index (Phi) is 4.78. The van der Waals surface area contributed by atoms with E-state index in [4.69, 9.17) is 4.74 Å². The fourth-order valence-corrected chi connectivity index (χ4v) is 3.67. The zero-order valence-electron chi connectivity index (χ0n) is 14.1. The second kappa shape index (κ2) is 6.85. The fourth-order valence-electron chi connectivity index (χ4n) is 2.84. The van der Waals surface area contributed by atoms with Crippen LogP contribution in [0.15, 0.2) is 30.5 Å². The van der Waals surface area contributed by atoms with E-state index >= 15 is 0 Å². The fraction of sp³-hybridized carbons (Fsp3) is 0.375. The number of nitrogens with one attached hydrogen (secondary N) is 1. The second-order valence-electron chi connectivity index (χ2n) is 5.84. The van der Waals surface area contributed by atoms with Crippen molar-refractivity contribution in [1.29, 1.82) is 0 Å². The molecule has 1 N–H and O–H groups in total. The molecule has 8 nitrogen and oxygen atoms in total. The number of amides is 1. The van der Waals surface area contributed by atoms with Crippen LogP contribution >= 0.6 is 0 Å². The number of benzene rings is 1. The topological polar surface area (TPSA) is 95.6 Å². The number of H-pyrrole nitrogens is 1. The van der Waals surface area contributed by atoms with Gasteiger partial charge >= 0.3 is 0 Å². The number of carbonyl (C=O) groups is 1. The minimum atomic E-state index is -3.22. The van der Waals surface area contributed by atoms with Crippen LogP contribution in [0, 0.1) is 0 Å². The summed E-state index contributed by atoms with van der Waals surface area (Å²) in [7, 11) is -1.64. The van der Waals surface area contributed by atoms with E-state index < -0.39 is 10.0 Å². The average molecular weight is 364 g/mol. The number of aromatic amines is 1. The summed E-state index contributed by atoms with van der Waals surface area (Å²) in [4.78, 5) is 14.5. The molecular weight excluding hydrogens is 344 g/mol. The molecule has 1 amide bonds. The Bertz CT molecular complexity index is 870. The number of nitrogens with zero attached hydrogens (tertiary/aromatic N) is 3. The lowest BCUT2D eigenvalue weighted by Crippen LogP contribution is -2.50. The average Bonchev–Trinajstić information content (AvgIpc) is 3.10. The Morgan fingerprint density at radius 2 is 1.96 bits per heavy atom. The maximum Gasteiger partial charge on any atom is 0.257 e. The van der Waals surface area contributed by atoms with E-state index in [9.17, 15) is 13.2 Å². The van der Waals surface area contributed by atoms with Crippen LogP contribution in [0.2, 0.25) is 0 Å². The molecule has 3 rings (SSSR count). The number of ether oxygens (including phenoxy) is 1. The minimum absolute atomic E-state index is 0.167. The molecule has 0 aliphatic carbocycles. The third kappa shape index (κ3) is 3.67. The maximum atomic E-state index is 12.8. The molecule has 1 aromatic heterocycles. The Balaban J connectivity index is 1.80. The first-order chi connectivity index (χ1) is 11.9. The van der Waals surface area contributed by atoms with Crippen LogP contribution in [0.1, 0.15) is 10.4 Å². The van der Waals surface area contributed by atoms with Gasteiger partial charge in [-0.1, -0.05) is 12.1 Å². The highest BCUT2D eigenvalue weighted by atomic mass is 32.2. The Labute approximate surface area is 146 Å². The van der Waals surface area contributed by atoms with Crippen LogP contribution in [0.3, 0.4) is 0 Å². The van der Waals surface area contributed by atoms with Gasteiger partial charge in [-0.3, -0.25) is 9.89 Å². The van der Waals surface area contributed by atoms with Gasteiger partial charge in [0.1, 0.15) is 5.75 Å². The van der Waals surface area contributed by atoms with Gasteiger partial charge in [0.25, 0.3) is 5.91 Å². The molecule has 9 heteroatoms. The molecule has 0 bridgehead atoms. The van der Waals surface area contributed by atoms with Gasteiger partial charge in [0.15, 0.2) is 0 Å². The number of piperazine rings is 1. The summed E-state index contributed by atoms with van der Waals surface area (Å²) in [6, 6.07) is 7.36. The minimum Gasteiger partial charge on any atom is -0.497 e. The van der Waals surface area contributed by atoms with E-state index in [1.54, 1.807) is 12.0 Å². The number of aromatic nitrogens is 2. The number of sulfonamides is 1. The largest absolute Gasteiger partial charge is 0.497 e. The summed E-state index contributed by atoms with van der Waals surface area (Å²) in [6.45, 7) is 1.32. The molecule has 1 aliphatic heterocycles. The van der Waals surface area contributed by atoms with Gasteiger partial charge in [0.2, 0.25) is 10.0 Å². The summed E-state index contributed by atoms with van der Waals surface area (Å²) in [5, 5.41) is 6.87. The predicted molar refractivity (Wildman–Crippen MR) is 92.9 cm³/mol. The number of carbonyl (C=O) groups excluding carboxylic acids is 1. The van der Waals surface area contributed by atoms with Crippen LogP contribution in [0.4, 0.5) is 0 Å². The molecular formula is C16H20N4O4S. The molecule has 25 heavy (non-hydrogen) atoms. The second-order valence-corrected chi connectivity index (χ2v) is 7.83. The van der Waals surface area contributed by atoms with Crippen LogP contribution in [-0.2, 0) is 10.0 Å². The number of hydrogen-bond donors (Lipinski definition) is 1. The van der Waals surface area contributed by atoms with Crippen molar-refractivity contribution < 1.29 is 17.9 Å². The third-order valence-corrected chi connectivity index (χ3v) is 5.53. The summed E-state index contributed by atoms with van der Waals surface area (Å²) >= 11 is 0. The summed E-state index contributed by atoms with van der Waals surface area (Å²) in [5.41, 5.74) is 1.88. The molecule has 0 spiro atoms. The van der Waals surface area contributed by atoms with Crippen LogP contribution in [-0.4, -0.2) is 73.3 Å². The Hall–Kier alpha value is -2.39. The quantitative estimate of drug-likeness (QED) is 0.866. The standard InChI is InChI=1S/C16H20N4O4S/c1-24-13-5-3-4-12(10-13)15-14(11-17-18-15)16(21)19-6-8-20(9-7-19)25(2,22)23/h3-5,10-11H,6-9H2,1-2H3,(H,17,18). The monoisotopic (exact) mass is 364 g/mol. The zero-order valence-corrected chi connectivity index (χ0v) is 14.9. The molecule has 1 aliphatic rings. The number of hydrogen-bond acceptors (Lipinski definition) is 5. The van der Waals surface area contributed by atoms with Gasteiger partial charge in [0, 0.05) is 31.7 Å². The molecule has 1 aromatic carbocycles. The summed E-state index contributed by atoms with van der Waals surface area (Å²) < 4.78 is 29.8. The van der Waals surface area contributed by atoms with Gasteiger partial charge in [0.05, 0.1) is 30.8 Å². The van der Waals surface area contributed by atoms with E-state index in [0.29, 0.717) is 43.2 Å². The van der Waals surface area contributed by atoms with Gasteiger partial charge < -0.3 is 9.64 Å².